The highest BCUT2D eigenvalue weighted by Crippen LogP contribution is 2.30. The topological polar surface area (TPSA) is 108 Å². The van der Waals surface area contributed by atoms with E-state index >= 15 is 0 Å². The van der Waals surface area contributed by atoms with Crippen LogP contribution in [-0.4, -0.2) is 54.6 Å². The number of nitrogens with one attached hydrogen (secondary N) is 2. The van der Waals surface area contributed by atoms with Gasteiger partial charge in [0.15, 0.2) is 0 Å². The minimum Gasteiger partial charge on any atom is -0.466 e. The van der Waals surface area contributed by atoms with Gasteiger partial charge in [-0.2, -0.15) is 0 Å². The van der Waals surface area contributed by atoms with Crippen LogP contribution in [-0.2, 0) is 19.1 Å². The summed E-state index contributed by atoms with van der Waals surface area (Å²) in [6.45, 7) is 0.00462. The maximum absolute atomic E-state index is 12.5. The highest BCUT2D eigenvalue weighted by atomic mass is 16.5. The summed E-state index contributed by atoms with van der Waals surface area (Å²) in [5, 5.41) is 14.9. The normalized spacial score (nSPS) is 16.7. The first-order chi connectivity index (χ1) is 12.5. The number of β-amino-alcohol motifs (C(OH)–C–C–N with tert-alkyl or cyclic N) is 1. The third-order valence-electron chi connectivity index (χ3n) is 4.30. The molecule has 1 aliphatic carbocycles. The summed E-state index contributed by atoms with van der Waals surface area (Å²) in [6.07, 6.45) is 1.82. The first-order valence-corrected chi connectivity index (χ1v) is 8.43. The summed E-state index contributed by atoms with van der Waals surface area (Å²) < 4.78 is 4.75. The molecule has 0 saturated heterocycles. The number of benzene rings is 1. The Morgan fingerprint density at radius 2 is 2.04 bits per heavy atom. The predicted octanol–water partition coefficient (Wildman–Crippen LogP) is 0.709. The number of hydrogen-bond acceptors (Lipinski definition) is 6. The third-order valence-corrected chi connectivity index (χ3v) is 4.30. The lowest BCUT2D eigenvalue weighted by Gasteiger charge is -2.15. The molecule has 8 heteroatoms. The standard InChI is InChI=1S/C18H21N3O5/c1-26-18(25)14-10-21(7-8-22)17(24)15(14)19-12-3-2-4-13(9-12)20-16(23)11-5-6-11/h2-4,9,11,19,22H,5-8,10H2,1H3,(H,20,23). The van der Waals surface area contributed by atoms with Crippen LogP contribution in [0.4, 0.5) is 11.4 Å². The molecule has 138 valence electrons. The van der Waals surface area contributed by atoms with Gasteiger partial charge in [-0.25, -0.2) is 4.79 Å². The van der Waals surface area contributed by atoms with E-state index in [0.717, 1.165) is 12.8 Å². The van der Waals surface area contributed by atoms with Gasteiger partial charge in [-0.3, -0.25) is 9.59 Å². The molecule has 1 saturated carbocycles. The van der Waals surface area contributed by atoms with E-state index in [-0.39, 0.29) is 48.7 Å². The number of carbonyl (C=O) groups is 3. The fourth-order valence-electron chi connectivity index (χ4n) is 2.76. The van der Waals surface area contributed by atoms with Crippen LogP contribution in [0.5, 0.6) is 0 Å². The summed E-state index contributed by atoms with van der Waals surface area (Å²) in [4.78, 5) is 37.8. The quantitative estimate of drug-likeness (QED) is 0.619. The average Bonchev–Trinajstić information content (AvgIpc) is 3.44. The van der Waals surface area contributed by atoms with Crippen molar-refractivity contribution in [3.05, 3.63) is 35.5 Å². The maximum atomic E-state index is 12.5. The van der Waals surface area contributed by atoms with Crippen molar-refractivity contribution in [1.29, 1.82) is 0 Å². The molecule has 26 heavy (non-hydrogen) atoms. The molecule has 1 heterocycles. The Balaban J connectivity index is 1.79. The Morgan fingerprint density at radius 1 is 1.31 bits per heavy atom. The van der Waals surface area contributed by atoms with Crippen LogP contribution in [0.15, 0.2) is 35.5 Å². The number of hydrogen-bond donors (Lipinski definition) is 3. The average molecular weight is 359 g/mol. The summed E-state index contributed by atoms with van der Waals surface area (Å²) in [6, 6.07) is 6.94. The van der Waals surface area contributed by atoms with Gasteiger partial charge in [0, 0.05) is 23.8 Å². The Kier molecular flexibility index (Phi) is 5.22. The monoisotopic (exact) mass is 359 g/mol. The lowest BCUT2D eigenvalue weighted by Crippen LogP contribution is -2.31. The molecule has 1 aromatic carbocycles. The van der Waals surface area contributed by atoms with E-state index in [1.54, 1.807) is 24.3 Å². The molecule has 2 amide bonds. The molecule has 1 aliphatic heterocycles. The smallest absolute Gasteiger partial charge is 0.337 e. The van der Waals surface area contributed by atoms with E-state index < -0.39 is 5.97 Å². The van der Waals surface area contributed by atoms with Crippen molar-refractivity contribution in [2.24, 2.45) is 5.92 Å². The molecular formula is C18H21N3O5. The lowest BCUT2D eigenvalue weighted by atomic mass is 10.2. The highest BCUT2D eigenvalue weighted by Gasteiger charge is 2.34. The zero-order chi connectivity index (χ0) is 18.7. The van der Waals surface area contributed by atoms with Crippen molar-refractivity contribution in [3.63, 3.8) is 0 Å². The second-order valence-electron chi connectivity index (χ2n) is 6.26. The molecule has 1 aromatic rings. The number of amides is 2. The second-order valence-corrected chi connectivity index (χ2v) is 6.26. The molecular weight excluding hydrogens is 338 g/mol. The second kappa shape index (κ2) is 7.57. The van der Waals surface area contributed by atoms with Crippen LogP contribution >= 0.6 is 0 Å². The van der Waals surface area contributed by atoms with Crippen LogP contribution in [0.2, 0.25) is 0 Å². The van der Waals surface area contributed by atoms with Gasteiger partial charge < -0.3 is 25.4 Å². The molecule has 3 rings (SSSR count). The molecule has 0 bridgehead atoms. The van der Waals surface area contributed by atoms with Crippen molar-refractivity contribution in [1.82, 2.24) is 4.90 Å². The van der Waals surface area contributed by atoms with Crippen molar-refractivity contribution in [2.75, 3.05) is 37.4 Å². The number of aliphatic hydroxyl groups excluding tert-OH is 1. The van der Waals surface area contributed by atoms with Crippen molar-refractivity contribution in [3.8, 4) is 0 Å². The fraction of sp³-hybridized carbons (Fsp3) is 0.389. The first-order valence-electron chi connectivity index (χ1n) is 8.43. The Morgan fingerprint density at radius 3 is 2.69 bits per heavy atom. The number of aliphatic hydroxyl groups is 1. The number of methoxy groups -OCH3 is 1. The van der Waals surface area contributed by atoms with Gasteiger partial charge in [-0.15, -0.1) is 0 Å². The minimum atomic E-state index is -0.598. The number of rotatable bonds is 7. The zero-order valence-electron chi connectivity index (χ0n) is 14.4. The van der Waals surface area contributed by atoms with Gasteiger partial charge in [-0.1, -0.05) is 6.07 Å². The molecule has 0 unspecified atom stereocenters. The Bertz CT molecular complexity index is 770. The van der Waals surface area contributed by atoms with Crippen molar-refractivity contribution >= 4 is 29.2 Å². The van der Waals surface area contributed by atoms with Crippen LogP contribution in [0.25, 0.3) is 0 Å². The molecule has 2 aliphatic rings. The summed E-state index contributed by atoms with van der Waals surface area (Å²) in [7, 11) is 1.25. The van der Waals surface area contributed by atoms with Gasteiger partial charge >= 0.3 is 5.97 Å². The SMILES string of the molecule is COC(=O)C1=C(Nc2cccc(NC(=O)C3CC3)c2)C(=O)N(CCO)C1. The molecule has 1 fully saturated rings. The van der Waals surface area contributed by atoms with Gasteiger partial charge in [0.05, 0.1) is 25.8 Å². The molecule has 0 atom stereocenters. The molecule has 3 N–H and O–H groups in total. The van der Waals surface area contributed by atoms with Crippen molar-refractivity contribution in [2.45, 2.75) is 12.8 Å². The lowest BCUT2D eigenvalue weighted by molar-refractivity contribution is -0.136. The van der Waals surface area contributed by atoms with E-state index in [2.05, 4.69) is 10.6 Å². The van der Waals surface area contributed by atoms with Crippen LogP contribution in [0.1, 0.15) is 12.8 Å². The van der Waals surface area contributed by atoms with Gasteiger partial charge in [0.25, 0.3) is 5.91 Å². The third kappa shape index (κ3) is 3.85. The predicted molar refractivity (Wildman–Crippen MR) is 94.1 cm³/mol. The highest BCUT2D eigenvalue weighted by molar-refractivity contribution is 6.08. The number of carbonyl (C=O) groups excluding carboxylic acids is 3. The van der Waals surface area contributed by atoms with E-state index in [0.29, 0.717) is 11.4 Å². The maximum Gasteiger partial charge on any atom is 0.337 e. The largest absolute Gasteiger partial charge is 0.466 e. The minimum absolute atomic E-state index is 0.0114. The van der Waals surface area contributed by atoms with Gasteiger partial charge in [-0.05, 0) is 31.0 Å². The summed E-state index contributed by atoms with van der Waals surface area (Å²) >= 11 is 0. The first kappa shape index (κ1) is 17.9. The zero-order valence-corrected chi connectivity index (χ0v) is 14.4. The van der Waals surface area contributed by atoms with E-state index in [1.807, 2.05) is 0 Å². The Hall–Kier alpha value is -2.87. The Labute approximate surface area is 150 Å². The summed E-state index contributed by atoms with van der Waals surface area (Å²) in [5.41, 5.74) is 1.51. The van der Waals surface area contributed by atoms with Crippen molar-refractivity contribution < 1.29 is 24.2 Å². The number of ether oxygens (including phenoxy) is 1. The van der Waals surface area contributed by atoms with Gasteiger partial charge in [0.1, 0.15) is 5.70 Å². The summed E-state index contributed by atoms with van der Waals surface area (Å²) in [5.74, 6) is -0.905. The molecule has 0 radical (unpaired) electrons. The molecule has 8 nitrogen and oxygen atoms in total. The molecule has 0 spiro atoms. The number of esters is 1. The van der Waals surface area contributed by atoms with E-state index in [4.69, 9.17) is 9.84 Å². The molecule has 0 aromatic heterocycles. The van der Waals surface area contributed by atoms with Crippen LogP contribution in [0.3, 0.4) is 0 Å². The number of anilines is 2. The number of nitrogens with zero attached hydrogens (tertiary/aromatic N) is 1. The fourth-order valence-corrected chi connectivity index (χ4v) is 2.76. The van der Waals surface area contributed by atoms with Gasteiger partial charge in [0.2, 0.25) is 5.91 Å². The van der Waals surface area contributed by atoms with E-state index in [9.17, 15) is 14.4 Å². The van der Waals surface area contributed by atoms with Crippen LogP contribution < -0.4 is 10.6 Å². The van der Waals surface area contributed by atoms with Crippen LogP contribution in [0, 0.1) is 5.92 Å². The van der Waals surface area contributed by atoms with E-state index in [1.165, 1.54) is 12.0 Å².